The number of hydrogen-bond donors (Lipinski definition) is 0. The summed E-state index contributed by atoms with van der Waals surface area (Å²) >= 11 is 6.06. The molecule has 0 aliphatic rings. The Kier molecular flexibility index (Phi) is 3.58. The van der Waals surface area contributed by atoms with Gasteiger partial charge in [-0.1, -0.05) is 41.9 Å². The van der Waals surface area contributed by atoms with Gasteiger partial charge in [-0.2, -0.15) is 5.10 Å². The Hall–Kier alpha value is -2.40. The molecule has 6 heteroatoms. The molecule has 0 bridgehead atoms. The van der Waals surface area contributed by atoms with Crippen molar-refractivity contribution in [2.45, 2.75) is 6.92 Å². The summed E-state index contributed by atoms with van der Waals surface area (Å²) in [7, 11) is 0. The smallest absolute Gasteiger partial charge is 0.358 e. The van der Waals surface area contributed by atoms with Crippen LogP contribution in [0.1, 0.15) is 17.4 Å². The van der Waals surface area contributed by atoms with Gasteiger partial charge < -0.3 is 4.74 Å². The van der Waals surface area contributed by atoms with Crippen LogP contribution in [0.3, 0.4) is 0 Å². The van der Waals surface area contributed by atoms with Gasteiger partial charge >= 0.3 is 5.97 Å². The third-order valence-corrected chi connectivity index (χ3v) is 3.14. The zero-order valence-electron chi connectivity index (χ0n) is 11.3. The molecule has 0 fully saturated rings. The highest BCUT2D eigenvalue weighted by Crippen LogP contribution is 2.23. The van der Waals surface area contributed by atoms with E-state index in [0.29, 0.717) is 17.4 Å². The summed E-state index contributed by atoms with van der Waals surface area (Å²) < 4.78 is 6.55. The average molecular weight is 302 g/mol. The molecular formula is C15H12ClN3O2. The third-order valence-electron chi connectivity index (χ3n) is 2.95. The molecule has 0 aliphatic heterocycles. The van der Waals surface area contributed by atoms with Crippen molar-refractivity contribution in [2.75, 3.05) is 6.61 Å². The van der Waals surface area contributed by atoms with E-state index in [0.717, 1.165) is 11.3 Å². The molecular weight excluding hydrogens is 290 g/mol. The van der Waals surface area contributed by atoms with Gasteiger partial charge in [0.05, 0.1) is 12.3 Å². The second-order valence-corrected chi connectivity index (χ2v) is 4.74. The highest BCUT2D eigenvalue weighted by atomic mass is 35.5. The number of hydrogen-bond acceptors (Lipinski definition) is 4. The summed E-state index contributed by atoms with van der Waals surface area (Å²) in [4.78, 5) is 16.0. The van der Waals surface area contributed by atoms with E-state index >= 15 is 0 Å². The van der Waals surface area contributed by atoms with Crippen LogP contribution in [0.5, 0.6) is 0 Å². The molecule has 0 saturated carbocycles. The zero-order chi connectivity index (χ0) is 14.8. The van der Waals surface area contributed by atoms with Gasteiger partial charge in [-0.15, -0.1) is 0 Å². The number of benzene rings is 1. The first-order chi connectivity index (χ1) is 10.2. The normalized spacial score (nSPS) is 10.8. The minimum Gasteiger partial charge on any atom is -0.461 e. The van der Waals surface area contributed by atoms with Crippen molar-refractivity contribution in [3.63, 3.8) is 0 Å². The molecule has 0 saturated heterocycles. The predicted molar refractivity (Wildman–Crippen MR) is 79.4 cm³/mol. The molecule has 5 nitrogen and oxygen atoms in total. The van der Waals surface area contributed by atoms with Crippen molar-refractivity contribution >= 4 is 23.2 Å². The van der Waals surface area contributed by atoms with Gasteiger partial charge in [0.1, 0.15) is 5.15 Å². The Bertz CT molecular complexity index is 799. The summed E-state index contributed by atoms with van der Waals surface area (Å²) in [5.74, 6) is -0.474. The predicted octanol–water partition coefficient (Wildman–Crippen LogP) is 3.23. The SMILES string of the molecule is CCOC(=O)c1cc2nc(Cl)cc(-c3ccccc3)n2n1. The lowest BCUT2D eigenvalue weighted by Gasteiger charge is -2.05. The number of fused-ring (bicyclic) bond motifs is 1. The molecule has 106 valence electrons. The first-order valence-corrected chi connectivity index (χ1v) is 6.85. The molecule has 0 aliphatic carbocycles. The summed E-state index contributed by atoms with van der Waals surface area (Å²) in [6.45, 7) is 2.05. The average Bonchev–Trinajstić information content (AvgIpc) is 2.91. The molecule has 1 aromatic carbocycles. The maximum atomic E-state index is 11.8. The molecule has 0 atom stereocenters. The second-order valence-electron chi connectivity index (χ2n) is 4.35. The topological polar surface area (TPSA) is 56.5 Å². The van der Waals surface area contributed by atoms with Crippen LogP contribution in [0, 0.1) is 0 Å². The minimum absolute atomic E-state index is 0.212. The van der Waals surface area contributed by atoms with Crippen molar-refractivity contribution in [3.05, 3.63) is 53.3 Å². The molecule has 21 heavy (non-hydrogen) atoms. The highest BCUT2D eigenvalue weighted by Gasteiger charge is 2.15. The van der Waals surface area contributed by atoms with E-state index < -0.39 is 5.97 Å². The van der Waals surface area contributed by atoms with E-state index in [9.17, 15) is 4.79 Å². The fourth-order valence-corrected chi connectivity index (χ4v) is 2.25. The molecule has 0 unspecified atom stereocenters. The molecule has 3 rings (SSSR count). The van der Waals surface area contributed by atoms with Crippen molar-refractivity contribution in [1.82, 2.24) is 14.6 Å². The number of carbonyl (C=O) groups excluding carboxylic acids is 1. The summed E-state index contributed by atoms with van der Waals surface area (Å²) in [5.41, 5.74) is 2.42. The minimum atomic E-state index is -0.474. The molecule has 0 amide bonds. The largest absolute Gasteiger partial charge is 0.461 e. The Morgan fingerprint density at radius 1 is 1.29 bits per heavy atom. The van der Waals surface area contributed by atoms with Gasteiger partial charge in [0.2, 0.25) is 0 Å². The number of rotatable bonds is 3. The number of carbonyl (C=O) groups is 1. The maximum absolute atomic E-state index is 11.8. The number of esters is 1. The third kappa shape index (κ3) is 2.60. The van der Waals surface area contributed by atoms with E-state index in [1.165, 1.54) is 0 Å². The van der Waals surface area contributed by atoms with Gasteiger partial charge in [0, 0.05) is 17.7 Å². The second kappa shape index (κ2) is 5.54. The Labute approximate surface area is 126 Å². The Morgan fingerprint density at radius 3 is 2.76 bits per heavy atom. The van der Waals surface area contributed by atoms with Crippen LogP contribution in [-0.4, -0.2) is 27.2 Å². The van der Waals surface area contributed by atoms with Gasteiger partial charge in [0.15, 0.2) is 11.3 Å². The van der Waals surface area contributed by atoms with Gasteiger partial charge in [-0.25, -0.2) is 14.3 Å². The van der Waals surface area contributed by atoms with Gasteiger partial charge in [-0.3, -0.25) is 0 Å². The fraction of sp³-hybridized carbons (Fsp3) is 0.133. The summed E-state index contributed by atoms with van der Waals surface area (Å²) in [6, 6.07) is 12.9. The summed E-state index contributed by atoms with van der Waals surface area (Å²) in [6.07, 6.45) is 0. The van der Waals surface area contributed by atoms with Crippen molar-refractivity contribution < 1.29 is 9.53 Å². The van der Waals surface area contributed by atoms with Gasteiger partial charge in [-0.05, 0) is 6.92 Å². The molecule has 0 spiro atoms. The summed E-state index contributed by atoms with van der Waals surface area (Å²) in [5, 5.41) is 4.61. The van der Waals surface area contributed by atoms with Crippen molar-refractivity contribution in [1.29, 1.82) is 0 Å². The van der Waals surface area contributed by atoms with Crippen LogP contribution in [-0.2, 0) is 4.74 Å². The monoisotopic (exact) mass is 301 g/mol. The quantitative estimate of drug-likeness (QED) is 0.550. The maximum Gasteiger partial charge on any atom is 0.358 e. The molecule has 0 radical (unpaired) electrons. The first kappa shape index (κ1) is 13.6. The lowest BCUT2D eigenvalue weighted by atomic mass is 10.1. The Balaban J connectivity index is 2.18. The number of halogens is 1. The zero-order valence-corrected chi connectivity index (χ0v) is 12.0. The van der Waals surface area contributed by atoms with Crippen molar-refractivity contribution in [3.8, 4) is 11.3 Å². The molecule has 3 aromatic rings. The Morgan fingerprint density at radius 2 is 2.05 bits per heavy atom. The van der Waals surface area contributed by atoms with Gasteiger partial charge in [0.25, 0.3) is 0 Å². The van der Waals surface area contributed by atoms with Crippen LogP contribution >= 0.6 is 11.6 Å². The van der Waals surface area contributed by atoms with E-state index in [-0.39, 0.29) is 5.69 Å². The molecule has 2 aromatic heterocycles. The number of aromatic nitrogens is 3. The van der Waals surface area contributed by atoms with Crippen LogP contribution in [0.2, 0.25) is 5.15 Å². The lowest BCUT2D eigenvalue weighted by Crippen LogP contribution is -2.05. The number of ether oxygens (including phenoxy) is 1. The van der Waals surface area contributed by atoms with E-state index in [1.54, 1.807) is 23.6 Å². The van der Waals surface area contributed by atoms with Crippen LogP contribution in [0.4, 0.5) is 0 Å². The van der Waals surface area contributed by atoms with E-state index in [4.69, 9.17) is 16.3 Å². The first-order valence-electron chi connectivity index (χ1n) is 6.48. The molecule has 2 heterocycles. The fourth-order valence-electron chi connectivity index (χ4n) is 2.06. The molecule has 0 N–H and O–H groups in total. The highest BCUT2D eigenvalue weighted by molar-refractivity contribution is 6.29. The van der Waals surface area contributed by atoms with E-state index in [2.05, 4.69) is 10.1 Å². The van der Waals surface area contributed by atoms with Crippen LogP contribution < -0.4 is 0 Å². The standard InChI is InChI=1S/C15H12ClN3O2/c1-2-21-15(20)11-8-14-17-13(16)9-12(19(14)18-11)10-6-4-3-5-7-10/h3-9H,2H2,1H3. The van der Waals surface area contributed by atoms with Crippen LogP contribution in [0.15, 0.2) is 42.5 Å². The van der Waals surface area contributed by atoms with Crippen molar-refractivity contribution in [2.24, 2.45) is 0 Å². The number of nitrogens with zero attached hydrogens (tertiary/aromatic N) is 3. The van der Waals surface area contributed by atoms with E-state index in [1.807, 2.05) is 30.3 Å². The van der Waals surface area contributed by atoms with Crippen LogP contribution in [0.25, 0.3) is 16.9 Å². The lowest BCUT2D eigenvalue weighted by molar-refractivity contribution is 0.0519.